The number of hydrogen-bond acceptors (Lipinski definition) is 1. The zero-order valence-electron chi connectivity index (χ0n) is 8.53. The van der Waals surface area contributed by atoms with Crippen LogP contribution in [-0.2, 0) is 7.05 Å². The SMILES string of the molecule is CCCCN(F)C(=O)c1cccn1C. The van der Waals surface area contributed by atoms with Gasteiger partial charge in [-0.05, 0) is 18.6 Å². The summed E-state index contributed by atoms with van der Waals surface area (Å²) in [6.45, 7) is 2.13. The Morgan fingerprint density at radius 2 is 2.36 bits per heavy atom. The summed E-state index contributed by atoms with van der Waals surface area (Å²) >= 11 is 0. The van der Waals surface area contributed by atoms with Gasteiger partial charge >= 0.3 is 0 Å². The molecule has 0 saturated carbocycles. The molecule has 0 fully saturated rings. The largest absolute Gasteiger partial charge is 0.347 e. The molecule has 0 unspecified atom stereocenters. The molecule has 0 spiro atoms. The Balaban J connectivity index is 2.61. The molecule has 0 aliphatic rings. The molecule has 0 aromatic carbocycles. The van der Waals surface area contributed by atoms with Crippen molar-refractivity contribution in [2.24, 2.45) is 7.05 Å². The molecule has 78 valence electrons. The molecule has 0 bridgehead atoms. The normalized spacial score (nSPS) is 10.2. The van der Waals surface area contributed by atoms with Gasteiger partial charge in [0.15, 0.2) is 0 Å². The van der Waals surface area contributed by atoms with E-state index in [1.807, 2.05) is 6.92 Å². The Morgan fingerprint density at radius 3 is 2.86 bits per heavy atom. The van der Waals surface area contributed by atoms with Crippen LogP contribution in [0.3, 0.4) is 0 Å². The van der Waals surface area contributed by atoms with Gasteiger partial charge in [-0.3, -0.25) is 4.79 Å². The fraction of sp³-hybridized carbons (Fsp3) is 0.500. The number of unbranched alkanes of at least 4 members (excludes halogenated alkanes) is 1. The van der Waals surface area contributed by atoms with Crippen LogP contribution in [0.4, 0.5) is 4.48 Å². The van der Waals surface area contributed by atoms with Crippen molar-refractivity contribution in [3.8, 4) is 0 Å². The molecule has 0 aliphatic carbocycles. The molecule has 1 aromatic heterocycles. The van der Waals surface area contributed by atoms with Gasteiger partial charge in [0.25, 0.3) is 5.91 Å². The van der Waals surface area contributed by atoms with Gasteiger partial charge in [-0.2, -0.15) is 5.12 Å². The van der Waals surface area contributed by atoms with Crippen molar-refractivity contribution in [3.63, 3.8) is 0 Å². The van der Waals surface area contributed by atoms with E-state index in [2.05, 4.69) is 0 Å². The number of hydrogen-bond donors (Lipinski definition) is 0. The average Bonchev–Trinajstić information content (AvgIpc) is 2.59. The Kier molecular flexibility index (Phi) is 3.68. The van der Waals surface area contributed by atoms with Crippen LogP contribution in [0.5, 0.6) is 0 Å². The first kappa shape index (κ1) is 10.8. The zero-order valence-corrected chi connectivity index (χ0v) is 8.53. The van der Waals surface area contributed by atoms with E-state index < -0.39 is 5.91 Å². The smallest absolute Gasteiger partial charge is 0.298 e. The van der Waals surface area contributed by atoms with Crippen molar-refractivity contribution in [1.29, 1.82) is 0 Å². The van der Waals surface area contributed by atoms with Crippen LogP contribution in [0.15, 0.2) is 18.3 Å². The molecule has 4 heteroatoms. The monoisotopic (exact) mass is 198 g/mol. The maximum atomic E-state index is 13.2. The molecule has 1 rings (SSSR count). The minimum absolute atomic E-state index is 0.167. The Morgan fingerprint density at radius 1 is 1.64 bits per heavy atom. The summed E-state index contributed by atoms with van der Waals surface area (Å²) in [5.74, 6) is -0.564. The molecular formula is C10H15FN2O. The number of nitrogens with zero attached hydrogens (tertiary/aromatic N) is 2. The highest BCUT2D eigenvalue weighted by Crippen LogP contribution is 2.06. The summed E-state index contributed by atoms with van der Waals surface area (Å²) in [7, 11) is 1.72. The highest BCUT2D eigenvalue weighted by atomic mass is 19.2. The van der Waals surface area contributed by atoms with E-state index in [9.17, 15) is 9.28 Å². The van der Waals surface area contributed by atoms with Crippen LogP contribution < -0.4 is 0 Å². The third-order valence-electron chi connectivity index (χ3n) is 2.09. The van der Waals surface area contributed by atoms with E-state index in [4.69, 9.17) is 0 Å². The summed E-state index contributed by atoms with van der Waals surface area (Å²) in [6, 6.07) is 3.34. The van der Waals surface area contributed by atoms with Crippen molar-refractivity contribution in [3.05, 3.63) is 24.0 Å². The lowest BCUT2D eigenvalue weighted by molar-refractivity contribution is 0.0180. The van der Waals surface area contributed by atoms with E-state index in [1.54, 1.807) is 29.9 Å². The second-order valence-electron chi connectivity index (χ2n) is 3.25. The predicted molar refractivity (Wildman–Crippen MR) is 52.5 cm³/mol. The first-order valence-electron chi connectivity index (χ1n) is 4.75. The molecular weight excluding hydrogens is 183 g/mol. The second-order valence-corrected chi connectivity index (χ2v) is 3.25. The third-order valence-corrected chi connectivity index (χ3v) is 2.09. The fourth-order valence-electron chi connectivity index (χ4n) is 1.21. The zero-order chi connectivity index (χ0) is 10.6. The third kappa shape index (κ3) is 2.34. The Labute approximate surface area is 83.1 Å². The van der Waals surface area contributed by atoms with Crippen LogP contribution in [0.25, 0.3) is 0 Å². The summed E-state index contributed by atoms with van der Waals surface area (Å²) < 4.78 is 14.8. The molecule has 0 radical (unpaired) electrons. The Bertz CT molecular complexity index is 309. The number of amides is 1. The molecule has 0 N–H and O–H groups in total. The highest BCUT2D eigenvalue weighted by molar-refractivity contribution is 5.91. The summed E-state index contributed by atoms with van der Waals surface area (Å²) in [4.78, 5) is 11.5. The number of halogens is 1. The van der Waals surface area contributed by atoms with Gasteiger partial charge in [-0.15, -0.1) is 0 Å². The summed E-state index contributed by atoms with van der Waals surface area (Å²) in [5.41, 5.74) is 0.378. The van der Waals surface area contributed by atoms with Crippen LogP contribution in [0, 0.1) is 0 Å². The molecule has 1 aromatic rings. The van der Waals surface area contributed by atoms with Gasteiger partial charge in [0.05, 0.1) is 6.54 Å². The lowest BCUT2D eigenvalue weighted by Gasteiger charge is -2.11. The second kappa shape index (κ2) is 4.79. The topological polar surface area (TPSA) is 25.2 Å². The molecule has 14 heavy (non-hydrogen) atoms. The van der Waals surface area contributed by atoms with Crippen molar-refractivity contribution < 1.29 is 9.28 Å². The minimum atomic E-state index is -0.564. The quantitative estimate of drug-likeness (QED) is 0.680. The number of aromatic nitrogens is 1. The molecule has 0 atom stereocenters. The fourth-order valence-corrected chi connectivity index (χ4v) is 1.21. The predicted octanol–water partition coefficient (Wildman–Crippen LogP) is 2.15. The van der Waals surface area contributed by atoms with Gasteiger partial charge in [0.2, 0.25) is 0 Å². The maximum absolute atomic E-state index is 13.2. The molecule has 3 nitrogen and oxygen atoms in total. The first-order chi connectivity index (χ1) is 6.66. The van der Waals surface area contributed by atoms with E-state index in [0.29, 0.717) is 12.1 Å². The lowest BCUT2D eigenvalue weighted by Crippen LogP contribution is -2.25. The highest BCUT2D eigenvalue weighted by Gasteiger charge is 2.16. The summed E-state index contributed by atoms with van der Waals surface area (Å²) in [5, 5.41) is 0.277. The standard InChI is InChI=1S/C10H15FN2O/c1-3-4-8-13(11)10(14)9-6-5-7-12(9)2/h5-7H,3-4,8H2,1-2H3. The number of carbonyl (C=O) groups is 1. The first-order valence-corrected chi connectivity index (χ1v) is 4.75. The van der Waals surface area contributed by atoms with Crippen LogP contribution >= 0.6 is 0 Å². The average molecular weight is 198 g/mol. The van der Waals surface area contributed by atoms with Crippen molar-refractivity contribution in [2.75, 3.05) is 6.54 Å². The van der Waals surface area contributed by atoms with Gasteiger partial charge in [0.1, 0.15) is 5.69 Å². The molecule has 0 saturated heterocycles. The summed E-state index contributed by atoms with van der Waals surface area (Å²) in [6.07, 6.45) is 3.29. The van der Waals surface area contributed by atoms with Crippen LogP contribution in [0.2, 0.25) is 0 Å². The van der Waals surface area contributed by atoms with Gasteiger partial charge < -0.3 is 4.57 Å². The number of rotatable bonds is 4. The van der Waals surface area contributed by atoms with E-state index in [1.165, 1.54) is 0 Å². The van der Waals surface area contributed by atoms with Crippen molar-refractivity contribution >= 4 is 5.91 Å². The number of aryl methyl sites for hydroxylation is 1. The van der Waals surface area contributed by atoms with E-state index >= 15 is 0 Å². The van der Waals surface area contributed by atoms with E-state index in [-0.39, 0.29) is 11.7 Å². The van der Waals surface area contributed by atoms with Gasteiger partial charge in [0, 0.05) is 13.2 Å². The van der Waals surface area contributed by atoms with Crippen molar-refractivity contribution in [1.82, 2.24) is 9.69 Å². The van der Waals surface area contributed by atoms with Gasteiger partial charge in [-0.1, -0.05) is 17.8 Å². The Hall–Kier alpha value is -1.32. The molecule has 0 aliphatic heterocycles. The maximum Gasteiger partial charge on any atom is 0.298 e. The van der Waals surface area contributed by atoms with Crippen LogP contribution in [0.1, 0.15) is 30.3 Å². The number of carbonyl (C=O) groups excluding carboxylic acids is 1. The minimum Gasteiger partial charge on any atom is -0.347 e. The lowest BCUT2D eigenvalue weighted by atomic mass is 10.3. The van der Waals surface area contributed by atoms with Crippen LogP contribution in [-0.4, -0.2) is 22.1 Å². The molecule has 1 amide bonds. The molecule has 1 heterocycles. The van der Waals surface area contributed by atoms with Crippen molar-refractivity contribution in [2.45, 2.75) is 19.8 Å². The van der Waals surface area contributed by atoms with E-state index in [0.717, 1.165) is 6.42 Å². The van der Waals surface area contributed by atoms with Gasteiger partial charge in [-0.25, -0.2) is 0 Å².